The molecule has 2 aromatic rings. The number of nitrogens with zero attached hydrogens (tertiary/aromatic N) is 3. The van der Waals surface area contributed by atoms with Gasteiger partial charge in [-0.05, 0) is 18.2 Å². The molecule has 1 amide bonds. The SMILES string of the molecule is O=C1NCCN2CCN(c3ccc4ccccc4n3)CC12. The van der Waals surface area contributed by atoms with Gasteiger partial charge in [-0.1, -0.05) is 18.2 Å². The summed E-state index contributed by atoms with van der Waals surface area (Å²) >= 11 is 0. The maximum Gasteiger partial charge on any atom is 0.239 e. The standard InChI is InChI=1S/C16H18N4O/c21-16-14-11-20(10-9-19(14)8-7-17-16)15-6-5-12-3-1-2-4-13(12)18-15/h1-6,14H,7-11H2,(H,17,21). The van der Waals surface area contributed by atoms with Crippen molar-refractivity contribution >= 4 is 22.6 Å². The smallest absolute Gasteiger partial charge is 0.239 e. The van der Waals surface area contributed by atoms with Gasteiger partial charge in [-0.2, -0.15) is 0 Å². The third-order valence-electron chi connectivity index (χ3n) is 4.40. The van der Waals surface area contributed by atoms with Crippen LogP contribution in [0.1, 0.15) is 0 Å². The van der Waals surface area contributed by atoms with Crippen molar-refractivity contribution in [2.24, 2.45) is 0 Å². The molecule has 1 aromatic heterocycles. The van der Waals surface area contributed by atoms with Gasteiger partial charge in [-0.3, -0.25) is 9.69 Å². The van der Waals surface area contributed by atoms with Crippen molar-refractivity contribution in [3.05, 3.63) is 36.4 Å². The fraction of sp³-hybridized carbons (Fsp3) is 0.375. The second-order valence-electron chi connectivity index (χ2n) is 5.65. The Labute approximate surface area is 123 Å². The Morgan fingerprint density at radius 3 is 2.95 bits per heavy atom. The number of amides is 1. The van der Waals surface area contributed by atoms with Crippen LogP contribution < -0.4 is 10.2 Å². The predicted octanol–water partition coefficient (Wildman–Crippen LogP) is 0.855. The molecule has 0 saturated carbocycles. The molecular weight excluding hydrogens is 264 g/mol. The molecule has 108 valence electrons. The minimum Gasteiger partial charge on any atom is -0.353 e. The molecule has 0 radical (unpaired) electrons. The number of hydrogen-bond acceptors (Lipinski definition) is 4. The van der Waals surface area contributed by atoms with Crippen LogP contribution in [0.3, 0.4) is 0 Å². The van der Waals surface area contributed by atoms with Gasteiger partial charge < -0.3 is 10.2 Å². The van der Waals surface area contributed by atoms with Crippen molar-refractivity contribution in [3.63, 3.8) is 0 Å². The summed E-state index contributed by atoms with van der Waals surface area (Å²) in [5.74, 6) is 1.11. The van der Waals surface area contributed by atoms with Gasteiger partial charge in [-0.15, -0.1) is 0 Å². The summed E-state index contributed by atoms with van der Waals surface area (Å²) < 4.78 is 0. The average Bonchev–Trinajstić information content (AvgIpc) is 2.54. The highest BCUT2D eigenvalue weighted by Gasteiger charge is 2.35. The molecule has 1 N–H and O–H groups in total. The van der Waals surface area contributed by atoms with E-state index in [2.05, 4.69) is 33.3 Å². The topological polar surface area (TPSA) is 48.5 Å². The minimum absolute atomic E-state index is 0.0410. The first kappa shape index (κ1) is 12.6. The molecular formula is C16H18N4O. The zero-order valence-electron chi connectivity index (χ0n) is 11.8. The number of pyridine rings is 1. The molecule has 21 heavy (non-hydrogen) atoms. The Morgan fingerprint density at radius 1 is 1.10 bits per heavy atom. The Hall–Kier alpha value is -2.14. The summed E-state index contributed by atoms with van der Waals surface area (Å²) in [4.78, 5) is 21.3. The van der Waals surface area contributed by atoms with Crippen molar-refractivity contribution in [1.82, 2.24) is 15.2 Å². The summed E-state index contributed by atoms with van der Waals surface area (Å²) in [6, 6.07) is 12.2. The van der Waals surface area contributed by atoms with Crippen molar-refractivity contribution in [1.29, 1.82) is 0 Å². The molecule has 4 rings (SSSR count). The molecule has 2 fully saturated rings. The number of aromatic nitrogens is 1. The number of carbonyl (C=O) groups excluding carboxylic acids is 1. The predicted molar refractivity (Wildman–Crippen MR) is 82.3 cm³/mol. The molecule has 1 atom stereocenters. The number of rotatable bonds is 1. The quantitative estimate of drug-likeness (QED) is 0.842. The third kappa shape index (κ3) is 2.23. The third-order valence-corrected chi connectivity index (χ3v) is 4.40. The average molecular weight is 282 g/mol. The molecule has 1 aromatic carbocycles. The van der Waals surface area contributed by atoms with Crippen LogP contribution in [0.25, 0.3) is 10.9 Å². The summed E-state index contributed by atoms with van der Waals surface area (Å²) in [5, 5.41) is 4.10. The van der Waals surface area contributed by atoms with Crippen molar-refractivity contribution in [2.45, 2.75) is 6.04 Å². The fourth-order valence-corrected chi connectivity index (χ4v) is 3.22. The van der Waals surface area contributed by atoms with E-state index in [1.54, 1.807) is 0 Å². The van der Waals surface area contributed by atoms with Crippen LogP contribution in [0.5, 0.6) is 0 Å². The molecule has 3 heterocycles. The van der Waals surface area contributed by atoms with Crippen LogP contribution in [0.4, 0.5) is 5.82 Å². The van der Waals surface area contributed by atoms with Crippen LogP contribution >= 0.6 is 0 Å². The molecule has 2 aliphatic heterocycles. The fourth-order valence-electron chi connectivity index (χ4n) is 3.22. The number of para-hydroxylation sites is 1. The normalized spacial score (nSPS) is 23.0. The van der Waals surface area contributed by atoms with Crippen molar-refractivity contribution in [3.8, 4) is 0 Å². The van der Waals surface area contributed by atoms with Gasteiger partial charge in [-0.25, -0.2) is 4.98 Å². The van der Waals surface area contributed by atoms with E-state index in [9.17, 15) is 4.79 Å². The largest absolute Gasteiger partial charge is 0.353 e. The van der Waals surface area contributed by atoms with Gasteiger partial charge in [0.15, 0.2) is 0 Å². The lowest BCUT2D eigenvalue weighted by molar-refractivity contribution is -0.129. The number of anilines is 1. The van der Waals surface area contributed by atoms with E-state index >= 15 is 0 Å². The van der Waals surface area contributed by atoms with E-state index in [0.717, 1.165) is 49.4 Å². The van der Waals surface area contributed by atoms with Gasteiger partial charge in [0.25, 0.3) is 0 Å². The summed E-state index contributed by atoms with van der Waals surface area (Å²) in [5.41, 5.74) is 1.01. The van der Waals surface area contributed by atoms with E-state index in [0.29, 0.717) is 0 Å². The number of carbonyl (C=O) groups is 1. The van der Waals surface area contributed by atoms with Crippen LogP contribution in [0, 0.1) is 0 Å². The van der Waals surface area contributed by atoms with Gasteiger partial charge in [0, 0.05) is 38.1 Å². The highest BCUT2D eigenvalue weighted by atomic mass is 16.2. The van der Waals surface area contributed by atoms with Gasteiger partial charge in [0.1, 0.15) is 11.9 Å². The van der Waals surface area contributed by atoms with Crippen LogP contribution in [-0.4, -0.2) is 54.6 Å². The van der Waals surface area contributed by atoms with E-state index in [1.165, 1.54) is 0 Å². The Kier molecular flexibility index (Phi) is 3.00. The molecule has 2 saturated heterocycles. The van der Waals surface area contributed by atoms with E-state index in [1.807, 2.05) is 18.2 Å². The minimum atomic E-state index is -0.0410. The second-order valence-corrected chi connectivity index (χ2v) is 5.65. The lowest BCUT2D eigenvalue weighted by Crippen LogP contribution is -2.64. The zero-order chi connectivity index (χ0) is 14.2. The van der Waals surface area contributed by atoms with E-state index < -0.39 is 0 Å². The second kappa shape index (κ2) is 5.00. The molecule has 0 aliphatic carbocycles. The summed E-state index contributed by atoms with van der Waals surface area (Å²) in [6.45, 7) is 4.29. The van der Waals surface area contributed by atoms with Crippen LogP contribution in [0.15, 0.2) is 36.4 Å². The number of fused-ring (bicyclic) bond motifs is 2. The molecule has 5 heteroatoms. The Balaban J connectivity index is 1.61. The van der Waals surface area contributed by atoms with Crippen LogP contribution in [0.2, 0.25) is 0 Å². The molecule has 0 bridgehead atoms. The number of piperazine rings is 2. The summed E-state index contributed by atoms with van der Waals surface area (Å²) in [7, 11) is 0. The highest BCUT2D eigenvalue weighted by molar-refractivity contribution is 5.84. The van der Waals surface area contributed by atoms with Gasteiger partial charge >= 0.3 is 0 Å². The lowest BCUT2D eigenvalue weighted by Gasteiger charge is -2.43. The maximum absolute atomic E-state index is 12.0. The van der Waals surface area contributed by atoms with Gasteiger partial charge in [0.2, 0.25) is 5.91 Å². The van der Waals surface area contributed by atoms with E-state index in [4.69, 9.17) is 4.98 Å². The molecule has 1 unspecified atom stereocenters. The molecule has 0 spiro atoms. The number of nitrogens with one attached hydrogen (secondary N) is 1. The van der Waals surface area contributed by atoms with Gasteiger partial charge in [0.05, 0.1) is 5.52 Å². The number of hydrogen-bond donors (Lipinski definition) is 1. The first-order chi connectivity index (χ1) is 10.3. The van der Waals surface area contributed by atoms with E-state index in [-0.39, 0.29) is 11.9 Å². The monoisotopic (exact) mass is 282 g/mol. The zero-order valence-corrected chi connectivity index (χ0v) is 11.8. The summed E-state index contributed by atoms with van der Waals surface area (Å²) in [6.07, 6.45) is 0. The first-order valence-electron chi connectivity index (χ1n) is 7.44. The van der Waals surface area contributed by atoms with Crippen LogP contribution in [-0.2, 0) is 4.79 Å². The highest BCUT2D eigenvalue weighted by Crippen LogP contribution is 2.21. The Morgan fingerprint density at radius 2 is 2.00 bits per heavy atom. The lowest BCUT2D eigenvalue weighted by atomic mass is 10.1. The van der Waals surface area contributed by atoms with Crippen molar-refractivity contribution in [2.75, 3.05) is 37.6 Å². The number of benzene rings is 1. The van der Waals surface area contributed by atoms with Crippen molar-refractivity contribution < 1.29 is 4.79 Å². The Bertz CT molecular complexity index is 687. The molecule has 5 nitrogen and oxygen atoms in total. The maximum atomic E-state index is 12.0. The molecule has 2 aliphatic rings. The first-order valence-corrected chi connectivity index (χ1v) is 7.44.